The quantitative estimate of drug-likeness (QED) is 0.724. The van der Waals surface area contributed by atoms with E-state index >= 15 is 0 Å². The van der Waals surface area contributed by atoms with Crippen molar-refractivity contribution >= 4 is 17.7 Å². The van der Waals surface area contributed by atoms with E-state index in [-0.39, 0.29) is 12.1 Å². The Morgan fingerprint density at radius 3 is 2.56 bits per heavy atom. The highest BCUT2D eigenvalue weighted by Crippen LogP contribution is 2.18. The smallest absolute Gasteiger partial charge is 0.310 e. The Bertz CT molecular complexity index is 483. The van der Waals surface area contributed by atoms with Crippen molar-refractivity contribution in [3.63, 3.8) is 0 Å². The summed E-state index contributed by atoms with van der Waals surface area (Å²) in [4.78, 5) is 26.3. The second-order valence-corrected chi connectivity index (χ2v) is 4.76. The van der Waals surface area contributed by atoms with Crippen molar-refractivity contribution < 1.29 is 14.7 Å². The molecule has 0 aliphatic carbocycles. The molecule has 0 saturated heterocycles. The van der Waals surface area contributed by atoms with Gasteiger partial charge in [-0.1, -0.05) is 0 Å². The van der Waals surface area contributed by atoms with Gasteiger partial charge < -0.3 is 16.2 Å². The molecule has 0 atom stereocenters. The zero-order chi connectivity index (χ0) is 13.9. The number of carbonyl (C=O) groups excluding carboxylic acids is 1. The van der Waals surface area contributed by atoms with Crippen molar-refractivity contribution in [3.05, 3.63) is 23.4 Å². The zero-order valence-corrected chi connectivity index (χ0v) is 10.7. The summed E-state index contributed by atoms with van der Waals surface area (Å²) >= 11 is 0. The third-order valence-electron chi connectivity index (χ3n) is 2.58. The van der Waals surface area contributed by atoms with Gasteiger partial charge in [0, 0.05) is 12.2 Å². The van der Waals surface area contributed by atoms with Gasteiger partial charge in [-0.15, -0.1) is 0 Å². The molecule has 1 aromatic heterocycles. The second-order valence-electron chi connectivity index (χ2n) is 4.76. The molecule has 98 valence electrons. The number of carboxylic acid groups (broad SMARTS) is 1. The van der Waals surface area contributed by atoms with Gasteiger partial charge in [0.15, 0.2) is 0 Å². The third-order valence-corrected chi connectivity index (χ3v) is 2.58. The van der Waals surface area contributed by atoms with Crippen LogP contribution < -0.4 is 11.1 Å². The number of nitrogens with zero attached hydrogens (tertiary/aromatic N) is 1. The van der Waals surface area contributed by atoms with Crippen LogP contribution in [-0.2, 0) is 4.79 Å². The first-order valence-electron chi connectivity index (χ1n) is 5.49. The van der Waals surface area contributed by atoms with Crippen LogP contribution in [0.2, 0.25) is 0 Å². The number of rotatable bonds is 5. The molecule has 0 radical (unpaired) electrons. The second kappa shape index (κ2) is 5.03. The Morgan fingerprint density at radius 1 is 1.44 bits per heavy atom. The van der Waals surface area contributed by atoms with Crippen LogP contribution in [0.1, 0.15) is 29.9 Å². The van der Waals surface area contributed by atoms with E-state index in [1.165, 1.54) is 0 Å². The Hall–Kier alpha value is -2.11. The van der Waals surface area contributed by atoms with Gasteiger partial charge in [0.2, 0.25) is 0 Å². The molecular formula is C12H17N3O3. The SMILES string of the molecule is Cc1ccc(C(N)=O)c(NCC(C)(C)C(=O)O)n1. The number of nitrogens with two attached hydrogens (primary N) is 1. The molecule has 0 aliphatic rings. The average molecular weight is 251 g/mol. The normalized spacial score (nSPS) is 11.1. The Morgan fingerprint density at radius 2 is 2.06 bits per heavy atom. The molecule has 0 unspecified atom stereocenters. The van der Waals surface area contributed by atoms with Crippen LogP contribution in [0.5, 0.6) is 0 Å². The number of carboxylic acids is 1. The molecule has 0 fully saturated rings. The first-order valence-corrected chi connectivity index (χ1v) is 5.49. The maximum Gasteiger partial charge on any atom is 0.310 e. The molecule has 4 N–H and O–H groups in total. The number of nitrogens with one attached hydrogen (secondary N) is 1. The number of primary amides is 1. The van der Waals surface area contributed by atoms with Gasteiger partial charge in [-0.05, 0) is 32.9 Å². The first kappa shape index (κ1) is 14.0. The molecule has 0 bridgehead atoms. The van der Waals surface area contributed by atoms with Gasteiger partial charge in [-0.3, -0.25) is 9.59 Å². The van der Waals surface area contributed by atoms with E-state index < -0.39 is 17.3 Å². The predicted molar refractivity (Wildman–Crippen MR) is 67.4 cm³/mol. The minimum atomic E-state index is -0.958. The van der Waals surface area contributed by atoms with Crippen LogP contribution in [0.3, 0.4) is 0 Å². The number of hydrogen-bond acceptors (Lipinski definition) is 4. The van der Waals surface area contributed by atoms with Crippen molar-refractivity contribution in [3.8, 4) is 0 Å². The summed E-state index contributed by atoms with van der Waals surface area (Å²) in [6, 6.07) is 3.24. The monoisotopic (exact) mass is 251 g/mol. The lowest BCUT2D eigenvalue weighted by atomic mass is 9.94. The lowest BCUT2D eigenvalue weighted by molar-refractivity contribution is -0.146. The molecule has 18 heavy (non-hydrogen) atoms. The fourth-order valence-corrected chi connectivity index (χ4v) is 1.27. The molecule has 0 aliphatic heterocycles. The summed E-state index contributed by atoms with van der Waals surface area (Å²) in [6.07, 6.45) is 0. The average Bonchev–Trinajstić information content (AvgIpc) is 2.26. The summed E-state index contributed by atoms with van der Waals surface area (Å²) in [6.45, 7) is 5.10. The van der Waals surface area contributed by atoms with Crippen molar-refractivity contribution in [2.75, 3.05) is 11.9 Å². The van der Waals surface area contributed by atoms with Crippen molar-refractivity contribution in [1.29, 1.82) is 0 Å². The number of amides is 1. The summed E-state index contributed by atoms with van der Waals surface area (Å²) in [7, 11) is 0. The Balaban J connectivity index is 2.94. The lowest BCUT2D eigenvalue weighted by Crippen LogP contribution is -2.32. The van der Waals surface area contributed by atoms with E-state index in [2.05, 4.69) is 10.3 Å². The molecule has 1 heterocycles. The van der Waals surface area contributed by atoms with E-state index in [1.807, 2.05) is 0 Å². The molecule has 6 nitrogen and oxygen atoms in total. The van der Waals surface area contributed by atoms with Crippen LogP contribution in [-0.4, -0.2) is 28.5 Å². The van der Waals surface area contributed by atoms with E-state index in [9.17, 15) is 9.59 Å². The highest BCUT2D eigenvalue weighted by molar-refractivity contribution is 5.97. The van der Waals surface area contributed by atoms with E-state index in [0.29, 0.717) is 5.82 Å². The first-order chi connectivity index (χ1) is 8.24. The largest absolute Gasteiger partial charge is 0.481 e. The van der Waals surface area contributed by atoms with Gasteiger partial charge in [-0.25, -0.2) is 4.98 Å². The molecule has 1 amide bonds. The number of carbonyl (C=O) groups is 2. The third kappa shape index (κ3) is 3.19. The van der Waals surface area contributed by atoms with Crippen LogP contribution in [0.15, 0.2) is 12.1 Å². The molecule has 0 aromatic carbocycles. The van der Waals surface area contributed by atoms with E-state index in [4.69, 9.17) is 10.8 Å². The molecule has 6 heteroatoms. The standard InChI is InChI=1S/C12H17N3O3/c1-7-4-5-8(9(13)16)10(15-7)14-6-12(2,3)11(17)18/h4-5H,6H2,1-3H3,(H2,13,16)(H,14,15)(H,17,18). The van der Waals surface area contributed by atoms with Crippen LogP contribution in [0, 0.1) is 12.3 Å². The van der Waals surface area contributed by atoms with E-state index in [0.717, 1.165) is 5.69 Å². The summed E-state index contributed by atoms with van der Waals surface area (Å²) in [5.74, 6) is -1.21. The molecule has 1 rings (SSSR count). The maximum absolute atomic E-state index is 11.2. The van der Waals surface area contributed by atoms with Gasteiger partial charge >= 0.3 is 5.97 Å². The minimum Gasteiger partial charge on any atom is -0.481 e. The maximum atomic E-state index is 11.2. The fraction of sp³-hybridized carbons (Fsp3) is 0.417. The van der Waals surface area contributed by atoms with Crippen LogP contribution in [0.25, 0.3) is 0 Å². The van der Waals surface area contributed by atoms with Gasteiger partial charge in [0.05, 0.1) is 11.0 Å². The summed E-state index contributed by atoms with van der Waals surface area (Å²) in [5, 5.41) is 11.9. The van der Waals surface area contributed by atoms with Gasteiger partial charge in [-0.2, -0.15) is 0 Å². The highest BCUT2D eigenvalue weighted by Gasteiger charge is 2.27. The van der Waals surface area contributed by atoms with Crippen molar-refractivity contribution in [1.82, 2.24) is 4.98 Å². The fourth-order valence-electron chi connectivity index (χ4n) is 1.27. The van der Waals surface area contributed by atoms with Crippen LogP contribution >= 0.6 is 0 Å². The number of hydrogen-bond donors (Lipinski definition) is 3. The van der Waals surface area contributed by atoms with E-state index in [1.54, 1.807) is 32.9 Å². The lowest BCUT2D eigenvalue weighted by Gasteiger charge is -2.20. The highest BCUT2D eigenvalue weighted by atomic mass is 16.4. The Kier molecular flexibility index (Phi) is 3.90. The Labute approximate surface area is 105 Å². The summed E-state index contributed by atoms with van der Waals surface area (Å²) < 4.78 is 0. The predicted octanol–water partition coefficient (Wildman–Crippen LogP) is 1.01. The van der Waals surface area contributed by atoms with Gasteiger partial charge in [0.25, 0.3) is 5.91 Å². The molecule has 0 saturated carbocycles. The number of anilines is 1. The van der Waals surface area contributed by atoms with Gasteiger partial charge in [0.1, 0.15) is 5.82 Å². The number of aliphatic carboxylic acids is 1. The zero-order valence-electron chi connectivity index (χ0n) is 10.7. The topological polar surface area (TPSA) is 105 Å². The van der Waals surface area contributed by atoms with Crippen molar-refractivity contribution in [2.45, 2.75) is 20.8 Å². The van der Waals surface area contributed by atoms with Crippen molar-refractivity contribution in [2.24, 2.45) is 11.1 Å². The number of pyridine rings is 1. The van der Waals surface area contributed by atoms with Crippen LogP contribution in [0.4, 0.5) is 5.82 Å². The molecule has 0 spiro atoms. The summed E-state index contributed by atoms with van der Waals surface area (Å²) in [5.41, 5.74) is 5.24. The minimum absolute atomic E-state index is 0.152. The molecule has 1 aromatic rings. The number of aromatic nitrogens is 1. The number of aryl methyl sites for hydroxylation is 1. The molecular weight excluding hydrogens is 234 g/mol.